The van der Waals surface area contributed by atoms with Crippen LogP contribution in [0.5, 0.6) is 11.5 Å². The van der Waals surface area contributed by atoms with Crippen molar-refractivity contribution in [2.24, 2.45) is 23.2 Å². The normalized spacial score (nSPS) is 28.3. The zero-order chi connectivity index (χ0) is 22.3. The molecule has 3 nitrogen and oxygen atoms in total. The minimum atomic E-state index is -0.0914. The Labute approximate surface area is 195 Å². The maximum atomic E-state index is 13.3. The van der Waals surface area contributed by atoms with Gasteiger partial charge in [-0.05, 0) is 105 Å². The van der Waals surface area contributed by atoms with E-state index in [2.05, 4.69) is 0 Å². The van der Waals surface area contributed by atoms with Crippen molar-refractivity contribution >= 4 is 23.5 Å². The zero-order valence-electron chi connectivity index (χ0n) is 18.9. The summed E-state index contributed by atoms with van der Waals surface area (Å²) in [6.07, 6.45) is 11.1. The third-order valence-corrected chi connectivity index (χ3v) is 8.06. The summed E-state index contributed by atoms with van der Waals surface area (Å²) in [5, 5.41) is 0.598. The maximum Gasteiger partial charge on any atom is 0.161 e. The van der Waals surface area contributed by atoms with E-state index in [1.807, 2.05) is 55.5 Å². The lowest BCUT2D eigenvalue weighted by atomic mass is 9.48. The van der Waals surface area contributed by atoms with E-state index in [0.29, 0.717) is 23.2 Å². The Morgan fingerprint density at radius 2 is 1.69 bits per heavy atom. The van der Waals surface area contributed by atoms with E-state index in [1.165, 1.54) is 19.3 Å². The van der Waals surface area contributed by atoms with E-state index < -0.39 is 0 Å². The van der Waals surface area contributed by atoms with Gasteiger partial charge in [0.1, 0.15) is 18.1 Å². The van der Waals surface area contributed by atoms with Crippen LogP contribution in [0.2, 0.25) is 5.02 Å². The number of aryl methyl sites for hydroxylation is 1. The molecule has 0 aromatic heterocycles. The average Bonchev–Trinajstić information content (AvgIpc) is 2.76. The number of carbonyl (C=O) groups excluding carboxylic acids is 1. The van der Waals surface area contributed by atoms with Crippen LogP contribution in [0.4, 0.5) is 0 Å². The van der Waals surface area contributed by atoms with Crippen molar-refractivity contribution in [3.05, 3.63) is 64.2 Å². The van der Waals surface area contributed by atoms with Crippen molar-refractivity contribution in [2.45, 2.75) is 52.1 Å². The molecule has 4 fully saturated rings. The number of allylic oxidation sites excluding steroid dienone is 1. The molecule has 32 heavy (non-hydrogen) atoms. The number of ether oxygens (including phenoxy) is 2. The Morgan fingerprint density at radius 1 is 1.03 bits per heavy atom. The molecule has 4 aliphatic rings. The van der Waals surface area contributed by atoms with Crippen molar-refractivity contribution < 1.29 is 14.3 Å². The van der Waals surface area contributed by atoms with Crippen LogP contribution < -0.4 is 9.47 Å². The van der Waals surface area contributed by atoms with Crippen LogP contribution in [0.25, 0.3) is 6.08 Å². The summed E-state index contributed by atoms with van der Waals surface area (Å²) in [5.41, 5.74) is 2.91. The second-order valence-electron chi connectivity index (χ2n) is 10.2. The van der Waals surface area contributed by atoms with Crippen molar-refractivity contribution in [3.8, 4) is 11.5 Å². The molecule has 168 valence electrons. The lowest BCUT2D eigenvalue weighted by molar-refractivity contribution is -0.138. The van der Waals surface area contributed by atoms with E-state index in [4.69, 9.17) is 21.1 Å². The third-order valence-electron chi connectivity index (χ3n) is 7.76. The standard InChI is InChI=1S/C28H31ClO3/c1-18-3-6-26(24(29)9-18)32-17-23-13-19(4-7-25(23)31-2)5-8-27(30)28-14-20-10-21(15-28)12-22(11-20)16-28/h3-9,13,20-22H,10-12,14-17H2,1-2H3/b8-5+. The van der Waals surface area contributed by atoms with Gasteiger partial charge in [-0.15, -0.1) is 0 Å². The van der Waals surface area contributed by atoms with Gasteiger partial charge in [-0.1, -0.05) is 29.8 Å². The van der Waals surface area contributed by atoms with Crippen LogP contribution in [0.15, 0.2) is 42.5 Å². The first-order valence-corrected chi connectivity index (χ1v) is 12.1. The van der Waals surface area contributed by atoms with Crippen LogP contribution in [0.3, 0.4) is 0 Å². The summed E-state index contributed by atoms with van der Waals surface area (Å²) >= 11 is 6.31. The minimum Gasteiger partial charge on any atom is -0.496 e. The predicted molar refractivity (Wildman–Crippen MR) is 128 cm³/mol. The summed E-state index contributed by atoms with van der Waals surface area (Å²) in [5.74, 6) is 4.07. The SMILES string of the molecule is COc1ccc(/C=C/C(=O)C23CC4CC(CC(C4)C2)C3)cc1COc1ccc(C)cc1Cl. The van der Waals surface area contributed by atoms with Gasteiger partial charge in [-0.2, -0.15) is 0 Å². The lowest BCUT2D eigenvalue weighted by Gasteiger charge is -2.55. The Balaban J connectivity index is 1.31. The summed E-state index contributed by atoms with van der Waals surface area (Å²) in [6.45, 7) is 2.34. The quantitative estimate of drug-likeness (QED) is 0.424. The summed E-state index contributed by atoms with van der Waals surface area (Å²) in [4.78, 5) is 13.3. The van der Waals surface area contributed by atoms with Crippen molar-refractivity contribution in [1.29, 1.82) is 0 Å². The van der Waals surface area contributed by atoms with Gasteiger partial charge < -0.3 is 9.47 Å². The monoisotopic (exact) mass is 450 g/mol. The van der Waals surface area contributed by atoms with Crippen LogP contribution in [0, 0.1) is 30.1 Å². The number of hydrogen-bond acceptors (Lipinski definition) is 3. The molecular weight excluding hydrogens is 420 g/mol. The highest BCUT2D eigenvalue weighted by atomic mass is 35.5. The molecule has 0 atom stereocenters. The highest BCUT2D eigenvalue weighted by Crippen LogP contribution is 2.60. The molecule has 0 aliphatic heterocycles. The predicted octanol–water partition coefficient (Wildman–Crippen LogP) is 7.03. The first kappa shape index (κ1) is 21.6. The number of ketones is 1. The van der Waals surface area contributed by atoms with Gasteiger partial charge in [0.25, 0.3) is 0 Å². The second kappa shape index (κ2) is 8.59. The number of benzene rings is 2. The van der Waals surface area contributed by atoms with Crippen LogP contribution in [0.1, 0.15) is 55.2 Å². The minimum absolute atomic E-state index is 0.0914. The molecule has 6 rings (SSSR count). The fraction of sp³-hybridized carbons (Fsp3) is 0.464. The van der Waals surface area contributed by atoms with Gasteiger partial charge in [0.2, 0.25) is 0 Å². The molecule has 4 aliphatic carbocycles. The Morgan fingerprint density at radius 3 is 2.31 bits per heavy atom. The number of methoxy groups -OCH3 is 1. The molecule has 0 saturated heterocycles. The molecule has 4 saturated carbocycles. The molecule has 0 radical (unpaired) electrons. The van der Waals surface area contributed by atoms with E-state index >= 15 is 0 Å². The summed E-state index contributed by atoms with van der Waals surface area (Å²) < 4.78 is 11.5. The fourth-order valence-electron chi connectivity index (χ4n) is 6.65. The number of rotatable bonds is 7. The molecule has 4 bridgehead atoms. The fourth-order valence-corrected chi connectivity index (χ4v) is 6.94. The molecule has 2 aromatic rings. The molecule has 0 spiro atoms. The van der Waals surface area contributed by atoms with E-state index in [9.17, 15) is 4.79 Å². The second-order valence-corrected chi connectivity index (χ2v) is 10.6. The smallest absolute Gasteiger partial charge is 0.161 e. The Bertz CT molecular complexity index is 1020. The molecular formula is C28H31ClO3. The van der Waals surface area contributed by atoms with Gasteiger partial charge in [0, 0.05) is 11.0 Å². The molecule has 0 unspecified atom stereocenters. The Hall–Kier alpha value is -2.26. The lowest BCUT2D eigenvalue weighted by Crippen LogP contribution is -2.49. The number of hydrogen-bond donors (Lipinski definition) is 0. The molecule has 2 aromatic carbocycles. The highest BCUT2D eigenvalue weighted by Gasteiger charge is 2.53. The van der Waals surface area contributed by atoms with E-state index in [0.717, 1.165) is 59.5 Å². The Kier molecular flexibility index (Phi) is 5.79. The van der Waals surface area contributed by atoms with E-state index in [1.54, 1.807) is 7.11 Å². The van der Waals surface area contributed by atoms with Crippen LogP contribution in [-0.2, 0) is 11.4 Å². The zero-order valence-corrected chi connectivity index (χ0v) is 19.7. The van der Waals surface area contributed by atoms with Crippen molar-refractivity contribution in [3.63, 3.8) is 0 Å². The largest absolute Gasteiger partial charge is 0.496 e. The summed E-state index contributed by atoms with van der Waals surface area (Å²) in [7, 11) is 1.66. The first-order valence-electron chi connectivity index (χ1n) is 11.7. The number of halogens is 1. The molecule has 0 amide bonds. The highest BCUT2D eigenvalue weighted by molar-refractivity contribution is 6.32. The first-order chi connectivity index (χ1) is 15.4. The van der Waals surface area contributed by atoms with Gasteiger partial charge in [-0.25, -0.2) is 0 Å². The van der Waals surface area contributed by atoms with Crippen LogP contribution in [-0.4, -0.2) is 12.9 Å². The molecule has 4 heteroatoms. The molecule has 0 N–H and O–H groups in total. The van der Waals surface area contributed by atoms with Gasteiger partial charge in [0.05, 0.1) is 12.1 Å². The van der Waals surface area contributed by atoms with Gasteiger partial charge in [0.15, 0.2) is 5.78 Å². The van der Waals surface area contributed by atoms with Gasteiger partial charge in [-0.3, -0.25) is 4.79 Å². The van der Waals surface area contributed by atoms with Gasteiger partial charge >= 0.3 is 0 Å². The molecule has 0 heterocycles. The number of carbonyl (C=O) groups is 1. The summed E-state index contributed by atoms with van der Waals surface area (Å²) in [6, 6.07) is 11.7. The van der Waals surface area contributed by atoms with E-state index in [-0.39, 0.29) is 5.41 Å². The topological polar surface area (TPSA) is 35.5 Å². The third kappa shape index (κ3) is 4.20. The van der Waals surface area contributed by atoms with Crippen molar-refractivity contribution in [1.82, 2.24) is 0 Å². The van der Waals surface area contributed by atoms with Crippen molar-refractivity contribution in [2.75, 3.05) is 7.11 Å². The maximum absolute atomic E-state index is 13.3. The average molecular weight is 451 g/mol. The van der Waals surface area contributed by atoms with Crippen LogP contribution >= 0.6 is 11.6 Å².